The summed E-state index contributed by atoms with van der Waals surface area (Å²) in [5.41, 5.74) is 1.33. The summed E-state index contributed by atoms with van der Waals surface area (Å²) in [6.07, 6.45) is 2.53. The van der Waals surface area contributed by atoms with Gasteiger partial charge in [-0.25, -0.2) is 4.79 Å². The highest BCUT2D eigenvalue weighted by Crippen LogP contribution is 2.04. The van der Waals surface area contributed by atoms with Gasteiger partial charge in [0.05, 0.1) is 11.6 Å². The molecule has 0 radical (unpaired) electrons. The molecule has 0 heterocycles. The molecule has 0 unspecified atom stereocenters. The van der Waals surface area contributed by atoms with E-state index in [4.69, 9.17) is 10.4 Å². The van der Waals surface area contributed by atoms with E-state index in [0.717, 1.165) is 11.6 Å². The molecule has 0 fully saturated rings. The van der Waals surface area contributed by atoms with Gasteiger partial charge in [-0.2, -0.15) is 5.26 Å². The highest BCUT2D eigenvalue weighted by Gasteiger charge is 1.90. The molecule has 3 heteroatoms. The van der Waals surface area contributed by atoms with Gasteiger partial charge in [0, 0.05) is 6.08 Å². The molecule has 0 aliphatic heterocycles. The smallest absolute Gasteiger partial charge is 0.328 e. The van der Waals surface area contributed by atoms with E-state index in [9.17, 15) is 4.79 Å². The fourth-order valence-electron chi connectivity index (χ4n) is 0.836. The Hall–Kier alpha value is -2.08. The van der Waals surface area contributed by atoms with Crippen molar-refractivity contribution in [3.8, 4) is 6.07 Å². The summed E-state index contributed by atoms with van der Waals surface area (Å²) in [6.45, 7) is 0. The van der Waals surface area contributed by atoms with Crippen molar-refractivity contribution in [1.82, 2.24) is 0 Å². The summed E-state index contributed by atoms with van der Waals surface area (Å²) in [7, 11) is 0. The normalized spacial score (nSPS) is 9.77. The zero-order valence-electron chi connectivity index (χ0n) is 6.77. The molecule has 1 aromatic carbocycles. The molecular weight excluding hydrogens is 166 g/mol. The molecule has 13 heavy (non-hydrogen) atoms. The van der Waals surface area contributed by atoms with Gasteiger partial charge in [-0.1, -0.05) is 12.1 Å². The average molecular weight is 173 g/mol. The molecule has 0 saturated carbocycles. The average Bonchev–Trinajstić information content (AvgIpc) is 2.15. The van der Waals surface area contributed by atoms with Crippen molar-refractivity contribution in [2.75, 3.05) is 0 Å². The zero-order valence-corrected chi connectivity index (χ0v) is 6.77. The standard InChI is InChI=1S/C10H7NO2/c11-7-9-3-1-8(2-4-9)5-6-10(12)13/h1-6H,(H,12,13). The van der Waals surface area contributed by atoms with Gasteiger partial charge in [0.2, 0.25) is 0 Å². The summed E-state index contributed by atoms with van der Waals surface area (Å²) >= 11 is 0. The van der Waals surface area contributed by atoms with Crippen molar-refractivity contribution in [3.05, 3.63) is 41.5 Å². The predicted octanol–water partition coefficient (Wildman–Crippen LogP) is 1.66. The van der Waals surface area contributed by atoms with Gasteiger partial charge in [-0.3, -0.25) is 0 Å². The topological polar surface area (TPSA) is 61.1 Å². The fraction of sp³-hybridized carbons (Fsp3) is 0. The lowest BCUT2D eigenvalue weighted by molar-refractivity contribution is -0.131. The van der Waals surface area contributed by atoms with E-state index in [1.54, 1.807) is 24.3 Å². The number of hydrogen-bond donors (Lipinski definition) is 1. The Kier molecular flexibility index (Phi) is 2.82. The second-order valence-electron chi connectivity index (χ2n) is 2.41. The molecule has 3 nitrogen and oxygen atoms in total. The highest BCUT2D eigenvalue weighted by molar-refractivity contribution is 5.85. The van der Waals surface area contributed by atoms with Crippen molar-refractivity contribution >= 4 is 12.0 Å². The Bertz CT molecular complexity index is 371. The molecule has 0 atom stereocenters. The molecule has 0 aromatic heterocycles. The van der Waals surface area contributed by atoms with Crippen LogP contribution in [0.1, 0.15) is 11.1 Å². The Balaban J connectivity index is 2.82. The quantitative estimate of drug-likeness (QED) is 0.692. The van der Waals surface area contributed by atoms with Crippen LogP contribution in [0.2, 0.25) is 0 Å². The number of carboxylic acid groups (broad SMARTS) is 1. The maximum Gasteiger partial charge on any atom is 0.328 e. The van der Waals surface area contributed by atoms with Gasteiger partial charge in [0.1, 0.15) is 0 Å². The van der Waals surface area contributed by atoms with E-state index in [1.807, 2.05) is 6.07 Å². The highest BCUT2D eigenvalue weighted by atomic mass is 16.4. The van der Waals surface area contributed by atoms with Crippen LogP contribution < -0.4 is 0 Å². The molecular formula is C10H7NO2. The number of nitriles is 1. The van der Waals surface area contributed by atoms with Gasteiger partial charge >= 0.3 is 5.97 Å². The summed E-state index contributed by atoms with van der Waals surface area (Å²) in [5, 5.41) is 16.8. The lowest BCUT2D eigenvalue weighted by Crippen LogP contribution is -1.85. The van der Waals surface area contributed by atoms with E-state index in [1.165, 1.54) is 6.08 Å². The first kappa shape index (κ1) is 9.01. The van der Waals surface area contributed by atoms with Crippen LogP contribution in [-0.2, 0) is 4.79 Å². The van der Waals surface area contributed by atoms with Crippen molar-refractivity contribution in [1.29, 1.82) is 5.26 Å². The van der Waals surface area contributed by atoms with E-state index < -0.39 is 5.97 Å². The number of hydrogen-bond acceptors (Lipinski definition) is 2. The number of benzene rings is 1. The van der Waals surface area contributed by atoms with E-state index >= 15 is 0 Å². The summed E-state index contributed by atoms with van der Waals surface area (Å²) < 4.78 is 0. The third kappa shape index (κ3) is 2.80. The Morgan fingerprint density at radius 1 is 1.38 bits per heavy atom. The number of rotatable bonds is 2. The number of aliphatic carboxylic acids is 1. The minimum absolute atomic E-state index is 0.562. The summed E-state index contributed by atoms with van der Waals surface area (Å²) in [6, 6.07) is 8.64. The third-order valence-corrected chi connectivity index (χ3v) is 1.46. The van der Waals surface area contributed by atoms with E-state index in [0.29, 0.717) is 5.56 Å². The maximum absolute atomic E-state index is 10.2. The first-order valence-corrected chi connectivity index (χ1v) is 3.63. The van der Waals surface area contributed by atoms with Gasteiger partial charge in [-0.15, -0.1) is 0 Å². The van der Waals surface area contributed by atoms with E-state index in [2.05, 4.69) is 0 Å². The van der Waals surface area contributed by atoms with Crippen LogP contribution in [-0.4, -0.2) is 11.1 Å². The SMILES string of the molecule is N#Cc1ccc(C=CC(=O)O)cc1. The predicted molar refractivity (Wildman–Crippen MR) is 47.8 cm³/mol. The van der Waals surface area contributed by atoms with Gasteiger partial charge in [0.15, 0.2) is 0 Å². The molecule has 0 bridgehead atoms. The Morgan fingerprint density at radius 3 is 2.46 bits per heavy atom. The molecule has 0 aliphatic carbocycles. The summed E-state index contributed by atoms with van der Waals surface area (Å²) in [4.78, 5) is 10.2. The van der Waals surface area contributed by atoms with Crippen LogP contribution in [0.25, 0.3) is 6.08 Å². The minimum Gasteiger partial charge on any atom is -0.478 e. The molecule has 1 rings (SSSR count). The van der Waals surface area contributed by atoms with Crippen LogP contribution in [0.5, 0.6) is 0 Å². The molecule has 0 amide bonds. The number of carbonyl (C=O) groups is 1. The number of carboxylic acids is 1. The van der Waals surface area contributed by atoms with Crippen LogP contribution in [0.3, 0.4) is 0 Å². The van der Waals surface area contributed by atoms with Crippen LogP contribution in [0.15, 0.2) is 30.3 Å². The minimum atomic E-state index is -0.982. The van der Waals surface area contributed by atoms with Gasteiger partial charge in [-0.05, 0) is 23.8 Å². The van der Waals surface area contributed by atoms with Crippen molar-refractivity contribution in [2.45, 2.75) is 0 Å². The van der Waals surface area contributed by atoms with E-state index in [-0.39, 0.29) is 0 Å². The maximum atomic E-state index is 10.2. The lowest BCUT2D eigenvalue weighted by atomic mass is 10.1. The Labute approximate surface area is 75.5 Å². The van der Waals surface area contributed by atoms with Gasteiger partial charge < -0.3 is 5.11 Å². The summed E-state index contributed by atoms with van der Waals surface area (Å²) in [5.74, 6) is -0.982. The Morgan fingerprint density at radius 2 is 2.00 bits per heavy atom. The van der Waals surface area contributed by atoms with Crippen LogP contribution in [0.4, 0.5) is 0 Å². The molecule has 1 aromatic rings. The monoisotopic (exact) mass is 173 g/mol. The largest absolute Gasteiger partial charge is 0.478 e. The lowest BCUT2D eigenvalue weighted by Gasteiger charge is -1.91. The second-order valence-corrected chi connectivity index (χ2v) is 2.41. The van der Waals surface area contributed by atoms with Gasteiger partial charge in [0.25, 0.3) is 0 Å². The molecule has 0 aliphatic rings. The van der Waals surface area contributed by atoms with Crippen molar-refractivity contribution in [2.24, 2.45) is 0 Å². The first-order valence-electron chi connectivity index (χ1n) is 3.63. The first-order chi connectivity index (χ1) is 6.22. The second kappa shape index (κ2) is 4.07. The van der Waals surface area contributed by atoms with Crippen LogP contribution in [0, 0.1) is 11.3 Å². The molecule has 64 valence electrons. The molecule has 0 saturated heterocycles. The molecule has 0 spiro atoms. The van der Waals surface area contributed by atoms with Crippen LogP contribution >= 0.6 is 0 Å². The number of nitrogens with zero attached hydrogens (tertiary/aromatic N) is 1. The van der Waals surface area contributed by atoms with Crippen molar-refractivity contribution < 1.29 is 9.90 Å². The fourth-order valence-corrected chi connectivity index (χ4v) is 0.836. The van der Waals surface area contributed by atoms with Crippen molar-refractivity contribution in [3.63, 3.8) is 0 Å². The third-order valence-electron chi connectivity index (χ3n) is 1.46. The zero-order chi connectivity index (χ0) is 9.68. The molecule has 1 N–H and O–H groups in total.